The molecule has 2 heterocycles. The van der Waals surface area contributed by atoms with E-state index in [2.05, 4.69) is 16.0 Å². The smallest absolute Gasteiger partial charge is 0.180 e. The Morgan fingerprint density at radius 2 is 2.00 bits per heavy atom. The van der Waals surface area contributed by atoms with E-state index >= 15 is 0 Å². The van der Waals surface area contributed by atoms with Gasteiger partial charge in [-0.25, -0.2) is 0 Å². The Balaban J connectivity index is 0.00000144. The van der Waals surface area contributed by atoms with E-state index in [1.54, 1.807) is 6.20 Å². The van der Waals surface area contributed by atoms with Gasteiger partial charge in [-0.1, -0.05) is 24.3 Å². The third kappa shape index (κ3) is 2.49. The van der Waals surface area contributed by atoms with Crippen LogP contribution in [-0.4, -0.2) is 14.5 Å². The van der Waals surface area contributed by atoms with Crippen LogP contribution in [0.1, 0.15) is 5.89 Å². The third-order valence-corrected chi connectivity index (χ3v) is 3.34. The van der Waals surface area contributed by atoms with Crippen molar-refractivity contribution in [1.82, 2.24) is 14.5 Å². The first-order valence-corrected chi connectivity index (χ1v) is 6.69. The van der Waals surface area contributed by atoms with E-state index in [9.17, 15) is 0 Å². The van der Waals surface area contributed by atoms with Gasteiger partial charge < -0.3 is 8.98 Å². The number of rotatable bonds is 2. The first-order valence-electron chi connectivity index (χ1n) is 6.69. The van der Waals surface area contributed by atoms with E-state index in [-0.39, 0.29) is 20.1 Å². The van der Waals surface area contributed by atoms with Gasteiger partial charge in [0.1, 0.15) is 0 Å². The van der Waals surface area contributed by atoms with Crippen LogP contribution in [0.2, 0.25) is 0 Å². The van der Waals surface area contributed by atoms with E-state index < -0.39 is 0 Å². The molecule has 4 aromatic rings. The maximum atomic E-state index is 5.58. The second kappa shape index (κ2) is 5.87. The molecule has 0 fully saturated rings. The maximum absolute atomic E-state index is 5.58. The molecule has 1 radical (unpaired) electrons. The van der Waals surface area contributed by atoms with Gasteiger partial charge in [-0.05, 0) is 12.1 Å². The fourth-order valence-corrected chi connectivity index (χ4v) is 2.41. The quantitative estimate of drug-likeness (QED) is 0.423. The molecule has 5 heteroatoms. The summed E-state index contributed by atoms with van der Waals surface area (Å²) in [5.74, 6) is 1.49. The van der Waals surface area contributed by atoms with Crippen molar-refractivity contribution in [2.75, 3.05) is 0 Å². The van der Waals surface area contributed by atoms with Gasteiger partial charge in [-0.2, -0.15) is 0 Å². The summed E-state index contributed by atoms with van der Waals surface area (Å²) in [7, 11) is 0. The Kier molecular flexibility index (Phi) is 3.92. The first-order chi connectivity index (χ1) is 10.3. The van der Waals surface area contributed by atoms with Crippen molar-refractivity contribution in [3.8, 4) is 17.1 Å². The number of aromatic nitrogens is 3. The summed E-state index contributed by atoms with van der Waals surface area (Å²) in [6.45, 7) is 1.84. The summed E-state index contributed by atoms with van der Waals surface area (Å²) in [6.07, 6.45) is 3.72. The van der Waals surface area contributed by atoms with Crippen LogP contribution in [-0.2, 0) is 20.1 Å². The molecule has 111 valence electrons. The van der Waals surface area contributed by atoms with Crippen LogP contribution in [0.5, 0.6) is 0 Å². The minimum absolute atomic E-state index is 0. The van der Waals surface area contributed by atoms with Gasteiger partial charge in [0.2, 0.25) is 0 Å². The second-order valence-electron chi connectivity index (χ2n) is 4.79. The molecule has 0 bridgehead atoms. The predicted octanol–water partition coefficient (Wildman–Crippen LogP) is 3.79. The minimum Gasteiger partial charge on any atom is -0.461 e. The molecular weight excluding hydrogens is 454 g/mol. The molecule has 0 atom stereocenters. The van der Waals surface area contributed by atoms with Crippen LogP contribution in [0.3, 0.4) is 0 Å². The van der Waals surface area contributed by atoms with Gasteiger partial charge in [-0.15, -0.1) is 17.7 Å². The number of benzene rings is 2. The zero-order valence-electron chi connectivity index (χ0n) is 11.8. The van der Waals surface area contributed by atoms with Crippen LogP contribution in [0.15, 0.2) is 59.3 Å². The van der Waals surface area contributed by atoms with E-state index in [0.717, 1.165) is 28.2 Å². The van der Waals surface area contributed by atoms with Gasteiger partial charge in [-0.3, -0.25) is 9.97 Å². The molecule has 0 unspecified atom stereocenters. The molecule has 0 saturated heterocycles. The molecule has 0 aliphatic heterocycles. The Bertz CT molecular complexity index is 912. The van der Waals surface area contributed by atoms with Crippen molar-refractivity contribution in [3.63, 3.8) is 0 Å². The Morgan fingerprint density at radius 1 is 1.18 bits per heavy atom. The summed E-state index contributed by atoms with van der Waals surface area (Å²) in [5, 5.41) is 0. The van der Waals surface area contributed by atoms with E-state index in [1.807, 2.05) is 60.2 Å². The van der Waals surface area contributed by atoms with Crippen molar-refractivity contribution in [1.29, 1.82) is 0 Å². The standard InChI is InChI=1S/C17H12N3O.Ir/c1-12-19-15-8-7-13(11-16(15)21-12)17-18-9-10-20(17)14-5-3-2-4-6-14;/h2-6,8-11H,1H3;/q-1;. The van der Waals surface area contributed by atoms with E-state index in [1.165, 1.54) is 0 Å². The molecule has 0 N–H and O–H groups in total. The molecule has 4 rings (SSSR count). The third-order valence-electron chi connectivity index (χ3n) is 3.34. The van der Waals surface area contributed by atoms with Crippen molar-refractivity contribution >= 4 is 11.1 Å². The summed E-state index contributed by atoms with van der Waals surface area (Å²) in [4.78, 5) is 8.74. The molecule has 0 aliphatic carbocycles. The number of nitrogens with zero attached hydrogens (tertiary/aromatic N) is 3. The largest absolute Gasteiger partial charge is 0.461 e. The number of fused-ring (bicyclic) bond motifs is 1. The van der Waals surface area contributed by atoms with Crippen LogP contribution < -0.4 is 0 Å². The SMILES string of the molecule is Cc1nc2c[c-]c(-c3nccn3-c3ccccc3)cc2o1.[Ir]. The number of aryl methyl sites for hydroxylation is 1. The second-order valence-corrected chi connectivity index (χ2v) is 4.79. The van der Waals surface area contributed by atoms with Crippen LogP contribution in [0, 0.1) is 13.0 Å². The molecule has 0 spiro atoms. The average Bonchev–Trinajstić information content (AvgIpc) is 3.12. The summed E-state index contributed by atoms with van der Waals surface area (Å²) in [5.41, 5.74) is 3.51. The zero-order valence-corrected chi connectivity index (χ0v) is 14.2. The Morgan fingerprint density at radius 3 is 2.82 bits per heavy atom. The minimum atomic E-state index is 0. The van der Waals surface area contributed by atoms with Crippen molar-refractivity contribution in [2.24, 2.45) is 0 Å². The molecule has 2 aromatic heterocycles. The zero-order chi connectivity index (χ0) is 14.2. The Labute approximate surface area is 141 Å². The monoisotopic (exact) mass is 467 g/mol. The maximum Gasteiger partial charge on any atom is 0.180 e. The van der Waals surface area contributed by atoms with Crippen LogP contribution in [0.25, 0.3) is 28.2 Å². The molecule has 2 aromatic carbocycles. The van der Waals surface area contributed by atoms with Gasteiger partial charge in [0.05, 0.1) is 11.4 Å². The number of para-hydroxylation sites is 1. The Hall–Kier alpha value is -2.23. The molecular formula is C17H12IrN3O-. The van der Waals surface area contributed by atoms with Crippen molar-refractivity contribution in [3.05, 3.63) is 66.8 Å². The topological polar surface area (TPSA) is 43.9 Å². The van der Waals surface area contributed by atoms with Crippen LogP contribution in [0.4, 0.5) is 0 Å². The average molecular weight is 467 g/mol. The molecule has 22 heavy (non-hydrogen) atoms. The summed E-state index contributed by atoms with van der Waals surface area (Å²) in [6, 6.07) is 17.1. The van der Waals surface area contributed by atoms with Crippen LogP contribution >= 0.6 is 0 Å². The summed E-state index contributed by atoms with van der Waals surface area (Å²) < 4.78 is 7.61. The predicted molar refractivity (Wildman–Crippen MR) is 80.1 cm³/mol. The number of hydrogen-bond donors (Lipinski definition) is 0. The molecule has 0 amide bonds. The van der Waals surface area contributed by atoms with Crippen molar-refractivity contribution < 1.29 is 24.5 Å². The molecule has 0 aliphatic rings. The van der Waals surface area contributed by atoms with Gasteiger partial charge in [0.25, 0.3) is 0 Å². The van der Waals surface area contributed by atoms with E-state index in [0.29, 0.717) is 5.89 Å². The fraction of sp³-hybridized carbons (Fsp3) is 0.0588. The fourth-order valence-electron chi connectivity index (χ4n) is 2.41. The first kappa shape index (κ1) is 14.7. The molecule has 4 nitrogen and oxygen atoms in total. The number of imidazole rings is 1. The van der Waals surface area contributed by atoms with Gasteiger partial charge >= 0.3 is 0 Å². The van der Waals surface area contributed by atoms with Gasteiger partial charge in [0.15, 0.2) is 5.89 Å². The molecule has 0 saturated carbocycles. The van der Waals surface area contributed by atoms with Gasteiger partial charge in [0, 0.05) is 50.6 Å². The van der Waals surface area contributed by atoms with E-state index in [4.69, 9.17) is 4.42 Å². The number of hydrogen-bond acceptors (Lipinski definition) is 3. The van der Waals surface area contributed by atoms with Crippen molar-refractivity contribution in [2.45, 2.75) is 6.92 Å². The summed E-state index contributed by atoms with van der Waals surface area (Å²) >= 11 is 0. The normalized spacial score (nSPS) is 10.6. The number of oxazole rings is 1.